The number of fused-ring (bicyclic) bond motifs is 2. The standard InChI is InChI=1S/C29H38ClN3O5SSi/c1-40(2,3)13-10-35-17-33-22-14-21(30)25(20-6-4-18(5-7-20)19-8-11-39-12-9-19)31-28(22)32-29(33)38-24-16-37-26-23(34)15-36-27(24)26/h4-7,14,19,23-24,26-27,34H,8-13,15-17H2,1-3H3/t23-,24-,26-,27-/m1/s1. The van der Waals surface area contributed by atoms with Gasteiger partial charge in [0, 0.05) is 20.2 Å². The van der Waals surface area contributed by atoms with Gasteiger partial charge in [-0.15, -0.1) is 0 Å². The van der Waals surface area contributed by atoms with Gasteiger partial charge >= 0.3 is 6.01 Å². The first-order chi connectivity index (χ1) is 19.3. The number of ether oxygens (including phenoxy) is 4. The van der Waals surface area contributed by atoms with E-state index in [1.165, 1.54) is 29.9 Å². The molecule has 3 aliphatic heterocycles. The first-order valence-corrected chi connectivity index (χ1v) is 19.4. The van der Waals surface area contributed by atoms with Gasteiger partial charge in [-0.3, -0.25) is 4.57 Å². The van der Waals surface area contributed by atoms with Crippen molar-refractivity contribution in [2.75, 3.05) is 31.3 Å². The topological polar surface area (TPSA) is 87.9 Å². The number of aliphatic hydroxyl groups excluding tert-OH is 1. The Morgan fingerprint density at radius 3 is 2.58 bits per heavy atom. The largest absolute Gasteiger partial charge is 0.456 e. The van der Waals surface area contributed by atoms with E-state index in [9.17, 15) is 5.11 Å². The number of pyridine rings is 1. The fourth-order valence-electron chi connectivity index (χ4n) is 5.58. The van der Waals surface area contributed by atoms with Crippen molar-refractivity contribution >= 4 is 42.6 Å². The van der Waals surface area contributed by atoms with E-state index < -0.39 is 14.2 Å². The summed E-state index contributed by atoms with van der Waals surface area (Å²) in [7, 11) is -1.24. The van der Waals surface area contributed by atoms with E-state index >= 15 is 0 Å². The second-order valence-corrected chi connectivity index (χ2v) is 19.4. The summed E-state index contributed by atoms with van der Waals surface area (Å²) in [5, 5.41) is 10.7. The van der Waals surface area contributed by atoms with Crippen molar-refractivity contribution in [2.24, 2.45) is 0 Å². The van der Waals surface area contributed by atoms with E-state index in [0.717, 1.165) is 17.1 Å². The minimum Gasteiger partial charge on any atom is -0.456 e. The Balaban J connectivity index is 1.28. The van der Waals surface area contributed by atoms with Gasteiger partial charge in [0.05, 0.1) is 29.4 Å². The van der Waals surface area contributed by atoms with Crippen LogP contribution < -0.4 is 4.74 Å². The fraction of sp³-hybridized carbons (Fsp3) is 0.586. The molecule has 0 spiro atoms. The third-order valence-electron chi connectivity index (χ3n) is 7.99. The SMILES string of the molecule is C[Si](C)(C)CCOCn1c(O[C@@H]2CO[C@H]3[C@@H]2OC[C@H]3O)nc2nc(-c3ccc(C4CCSCC4)cc3)c(Cl)cc21. The van der Waals surface area contributed by atoms with Crippen molar-refractivity contribution < 1.29 is 24.1 Å². The van der Waals surface area contributed by atoms with E-state index in [4.69, 9.17) is 40.5 Å². The van der Waals surface area contributed by atoms with Gasteiger partial charge in [-0.25, -0.2) is 4.98 Å². The first kappa shape index (κ1) is 28.5. The Morgan fingerprint density at radius 2 is 1.82 bits per heavy atom. The van der Waals surface area contributed by atoms with Gasteiger partial charge in [-0.05, 0) is 47.9 Å². The number of imidazole rings is 1. The van der Waals surface area contributed by atoms with Crippen LogP contribution in [0.1, 0.15) is 24.3 Å². The third-order valence-corrected chi connectivity index (χ3v) is 11.0. The molecule has 3 saturated heterocycles. The second-order valence-electron chi connectivity index (χ2n) is 12.2. The number of hydrogen-bond donors (Lipinski definition) is 1. The molecule has 1 N–H and O–H groups in total. The lowest BCUT2D eigenvalue weighted by Crippen LogP contribution is -2.35. The lowest BCUT2D eigenvalue weighted by molar-refractivity contribution is 0.00339. The lowest BCUT2D eigenvalue weighted by atomic mass is 9.92. The zero-order chi connectivity index (χ0) is 27.9. The van der Waals surface area contributed by atoms with E-state index in [1.54, 1.807) is 0 Å². The monoisotopic (exact) mass is 603 g/mol. The average Bonchev–Trinajstić information content (AvgIpc) is 3.61. The predicted molar refractivity (Wildman–Crippen MR) is 161 cm³/mol. The molecule has 0 unspecified atom stereocenters. The van der Waals surface area contributed by atoms with E-state index in [0.29, 0.717) is 41.5 Å². The van der Waals surface area contributed by atoms with Gasteiger partial charge in [0.15, 0.2) is 11.8 Å². The number of thioether (sulfide) groups is 1. The quantitative estimate of drug-likeness (QED) is 0.250. The highest BCUT2D eigenvalue weighted by Gasteiger charge is 2.49. The minimum atomic E-state index is -1.24. The van der Waals surface area contributed by atoms with Crippen LogP contribution in [0.4, 0.5) is 0 Å². The fourth-order valence-corrected chi connectivity index (χ4v) is 7.70. The van der Waals surface area contributed by atoms with Crippen molar-refractivity contribution in [2.45, 2.75) is 75.6 Å². The lowest BCUT2D eigenvalue weighted by Gasteiger charge is -2.21. The summed E-state index contributed by atoms with van der Waals surface area (Å²) in [6.07, 6.45) is 0.698. The third kappa shape index (κ3) is 6.09. The molecule has 0 amide bonds. The maximum Gasteiger partial charge on any atom is 0.301 e. The van der Waals surface area contributed by atoms with Crippen LogP contribution >= 0.6 is 23.4 Å². The van der Waals surface area contributed by atoms with Crippen LogP contribution in [0.2, 0.25) is 30.7 Å². The molecule has 8 nitrogen and oxygen atoms in total. The molecular formula is C29H38ClN3O5SSi. The van der Waals surface area contributed by atoms with Crippen molar-refractivity contribution in [3.8, 4) is 17.3 Å². The number of hydrogen-bond acceptors (Lipinski definition) is 8. The molecule has 11 heteroatoms. The summed E-state index contributed by atoms with van der Waals surface area (Å²) in [5.74, 6) is 3.08. The van der Waals surface area contributed by atoms with Crippen LogP contribution in [0.5, 0.6) is 6.01 Å². The van der Waals surface area contributed by atoms with Crippen LogP contribution in [0.3, 0.4) is 0 Å². The van der Waals surface area contributed by atoms with Crippen molar-refractivity contribution in [3.63, 3.8) is 0 Å². The van der Waals surface area contributed by atoms with Gasteiger partial charge in [0.25, 0.3) is 0 Å². The van der Waals surface area contributed by atoms with Gasteiger partial charge in [-0.2, -0.15) is 16.7 Å². The van der Waals surface area contributed by atoms with Gasteiger partial charge in [0.1, 0.15) is 25.0 Å². The summed E-state index contributed by atoms with van der Waals surface area (Å²) in [6.45, 7) is 8.48. The Morgan fingerprint density at radius 1 is 1.07 bits per heavy atom. The summed E-state index contributed by atoms with van der Waals surface area (Å²) >= 11 is 8.88. The molecule has 0 radical (unpaired) electrons. The molecule has 5 heterocycles. The Hall–Kier alpha value is -1.66. The summed E-state index contributed by atoms with van der Waals surface area (Å²) in [4.78, 5) is 9.67. The van der Waals surface area contributed by atoms with Crippen molar-refractivity contribution in [1.29, 1.82) is 0 Å². The van der Waals surface area contributed by atoms with Crippen LogP contribution in [-0.4, -0.2) is 83.5 Å². The first-order valence-electron chi connectivity index (χ1n) is 14.2. The summed E-state index contributed by atoms with van der Waals surface area (Å²) in [6, 6.07) is 12.0. The molecule has 3 fully saturated rings. The van der Waals surface area contributed by atoms with Gasteiger partial charge in [-0.1, -0.05) is 55.5 Å². The highest BCUT2D eigenvalue weighted by Crippen LogP contribution is 2.36. The number of aromatic nitrogens is 3. The Kier molecular flexibility index (Phi) is 8.47. The summed E-state index contributed by atoms with van der Waals surface area (Å²) in [5.41, 5.74) is 4.33. The normalized spacial score (nSPS) is 25.5. The highest BCUT2D eigenvalue weighted by atomic mass is 35.5. The van der Waals surface area contributed by atoms with Crippen LogP contribution in [0.15, 0.2) is 30.3 Å². The molecule has 3 aliphatic rings. The van der Waals surface area contributed by atoms with Gasteiger partial charge in [0.2, 0.25) is 0 Å². The number of benzene rings is 1. The van der Waals surface area contributed by atoms with E-state index in [-0.39, 0.29) is 31.6 Å². The highest BCUT2D eigenvalue weighted by molar-refractivity contribution is 7.99. The molecule has 4 atom stereocenters. The predicted octanol–water partition coefficient (Wildman–Crippen LogP) is 5.58. The molecule has 40 heavy (non-hydrogen) atoms. The van der Waals surface area contributed by atoms with Gasteiger partial charge < -0.3 is 24.1 Å². The molecule has 0 bridgehead atoms. The van der Waals surface area contributed by atoms with Crippen LogP contribution in [-0.2, 0) is 20.9 Å². The second kappa shape index (κ2) is 11.9. The molecule has 0 aliphatic carbocycles. The molecule has 216 valence electrons. The number of aliphatic hydroxyl groups is 1. The molecule has 2 aromatic heterocycles. The zero-order valence-corrected chi connectivity index (χ0v) is 25.9. The van der Waals surface area contributed by atoms with Crippen LogP contribution in [0, 0.1) is 0 Å². The van der Waals surface area contributed by atoms with Crippen molar-refractivity contribution in [3.05, 3.63) is 40.9 Å². The number of halogens is 1. The Bertz CT molecular complexity index is 1330. The molecule has 3 aromatic rings. The number of nitrogens with zero attached hydrogens (tertiary/aromatic N) is 3. The average molecular weight is 604 g/mol. The van der Waals surface area contributed by atoms with E-state index in [1.807, 2.05) is 22.4 Å². The maximum atomic E-state index is 10.2. The number of rotatable bonds is 9. The molecule has 0 saturated carbocycles. The Labute approximate surface area is 245 Å². The minimum absolute atomic E-state index is 0.241. The maximum absolute atomic E-state index is 10.2. The smallest absolute Gasteiger partial charge is 0.301 e. The summed E-state index contributed by atoms with van der Waals surface area (Å²) < 4.78 is 25.9. The van der Waals surface area contributed by atoms with E-state index in [2.05, 4.69) is 43.9 Å². The zero-order valence-electron chi connectivity index (χ0n) is 23.3. The molecule has 1 aromatic carbocycles. The van der Waals surface area contributed by atoms with Crippen LogP contribution in [0.25, 0.3) is 22.4 Å². The molecule has 6 rings (SSSR count). The van der Waals surface area contributed by atoms with Crippen molar-refractivity contribution in [1.82, 2.24) is 14.5 Å². The molecular weight excluding hydrogens is 566 g/mol.